The molecule has 1 saturated heterocycles. The molecule has 3 rings (SSSR count). The molecule has 0 unspecified atom stereocenters. The third kappa shape index (κ3) is 3.83. The summed E-state index contributed by atoms with van der Waals surface area (Å²) in [5, 5.41) is 0.405. The first-order valence-electron chi connectivity index (χ1n) is 7.82. The Hall–Kier alpha value is -1.74. The third-order valence-corrected chi connectivity index (χ3v) is 6.65. The van der Waals surface area contributed by atoms with Gasteiger partial charge in [-0.3, -0.25) is 9.78 Å². The lowest BCUT2D eigenvalue weighted by Gasteiger charge is -2.33. The number of halogens is 2. The van der Waals surface area contributed by atoms with E-state index in [1.54, 1.807) is 11.8 Å². The fraction of sp³-hybridized carbons (Fsp3) is 0.312. The molecule has 1 amide bonds. The fourth-order valence-corrected chi connectivity index (χ4v) is 4.77. The van der Waals surface area contributed by atoms with E-state index >= 15 is 0 Å². The standard InChI is InChI=1S/C16H16Cl2N4O3S/c1-11-9-20-14(10-19-11)16(23)21-4-6-22(7-5-21)26(24,25)15-8-12(17)2-3-13(15)18/h2-3,8-10H,4-7H2,1H3. The van der Waals surface area contributed by atoms with Gasteiger partial charge in [0, 0.05) is 37.4 Å². The molecule has 1 aliphatic heterocycles. The number of rotatable bonds is 3. The summed E-state index contributed by atoms with van der Waals surface area (Å²) in [5.74, 6) is -0.268. The molecule has 1 aromatic heterocycles. The Labute approximate surface area is 161 Å². The number of piperazine rings is 1. The minimum absolute atomic E-state index is 0.0316. The van der Waals surface area contributed by atoms with Crippen LogP contribution in [0.5, 0.6) is 0 Å². The third-order valence-electron chi connectivity index (χ3n) is 4.04. The molecule has 0 radical (unpaired) electrons. The van der Waals surface area contributed by atoms with Gasteiger partial charge >= 0.3 is 0 Å². The van der Waals surface area contributed by atoms with Crippen LogP contribution >= 0.6 is 23.2 Å². The zero-order chi connectivity index (χ0) is 18.9. The molecule has 1 aromatic carbocycles. The Bertz CT molecular complexity index is 927. The van der Waals surface area contributed by atoms with Gasteiger partial charge in [-0.1, -0.05) is 23.2 Å². The highest BCUT2D eigenvalue weighted by atomic mass is 35.5. The van der Waals surface area contributed by atoms with Gasteiger partial charge in [-0.15, -0.1) is 0 Å². The number of benzene rings is 1. The summed E-state index contributed by atoms with van der Waals surface area (Å²) in [4.78, 5) is 22.1. The molecule has 1 aliphatic rings. The first kappa shape index (κ1) is 19.0. The number of hydrogen-bond acceptors (Lipinski definition) is 5. The van der Waals surface area contributed by atoms with Gasteiger partial charge in [0.15, 0.2) is 0 Å². The highest BCUT2D eigenvalue weighted by Crippen LogP contribution is 2.28. The molecule has 26 heavy (non-hydrogen) atoms. The summed E-state index contributed by atoms with van der Waals surface area (Å²) >= 11 is 11.9. The van der Waals surface area contributed by atoms with Crippen LogP contribution in [-0.2, 0) is 10.0 Å². The Morgan fingerprint density at radius 2 is 1.77 bits per heavy atom. The van der Waals surface area contributed by atoms with Crippen molar-refractivity contribution in [3.8, 4) is 0 Å². The quantitative estimate of drug-likeness (QED) is 0.768. The van der Waals surface area contributed by atoms with Crippen LogP contribution in [0.1, 0.15) is 16.2 Å². The average molecular weight is 415 g/mol. The Morgan fingerprint density at radius 3 is 2.38 bits per heavy atom. The second kappa shape index (κ2) is 7.48. The summed E-state index contributed by atoms with van der Waals surface area (Å²) in [5.41, 5.74) is 0.959. The van der Waals surface area contributed by atoms with Crippen molar-refractivity contribution >= 4 is 39.1 Å². The van der Waals surface area contributed by atoms with Crippen LogP contribution in [-0.4, -0.2) is 59.7 Å². The zero-order valence-corrected chi connectivity index (χ0v) is 16.2. The summed E-state index contributed by atoms with van der Waals surface area (Å²) in [6, 6.07) is 4.31. The van der Waals surface area contributed by atoms with Crippen LogP contribution in [0, 0.1) is 6.92 Å². The van der Waals surface area contributed by atoms with Crippen molar-refractivity contribution in [2.24, 2.45) is 0 Å². The van der Waals surface area contributed by atoms with E-state index in [0.29, 0.717) is 5.02 Å². The molecule has 7 nitrogen and oxygen atoms in total. The van der Waals surface area contributed by atoms with Gasteiger partial charge in [-0.2, -0.15) is 4.31 Å². The zero-order valence-electron chi connectivity index (χ0n) is 13.9. The van der Waals surface area contributed by atoms with Crippen molar-refractivity contribution in [3.63, 3.8) is 0 Å². The van der Waals surface area contributed by atoms with Crippen LogP contribution in [0.4, 0.5) is 0 Å². The molecule has 0 aliphatic carbocycles. The van der Waals surface area contributed by atoms with Gasteiger partial charge in [-0.25, -0.2) is 13.4 Å². The number of hydrogen-bond donors (Lipinski definition) is 0. The largest absolute Gasteiger partial charge is 0.335 e. The molecule has 10 heteroatoms. The molecule has 0 saturated carbocycles. The number of amides is 1. The highest BCUT2D eigenvalue weighted by molar-refractivity contribution is 7.89. The normalized spacial score (nSPS) is 15.9. The molecular weight excluding hydrogens is 399 g/mol. The number of aromatic nitrogens is 2. The van der Waals surface area contributed by atoms with Gasteiger partial charge < -0.3 is 4.90 Å². The predicted molar refractivity (Wildman–Crippen MR) is 97.9 cm³/mol. The molecule has 0 N–H and O–H groups in total. The van der Waals surface area contributed by atoms with Crippen molar-refractivity contribution in [1.29, 1.82) is 0 Å². The number of nitrogens with zero attached hydrogens (tertiary/aromatic N) is 4. The first-order chi connectivity index (χ1) is 12.3. The smallest absolute Gasteiger partial charge is 0.274 e. The van der Waals surface area contributed by atoms with E-state index in [-0.39, 0.29) is 47.7 Å². The van der Waals surface area contributed by atoms with Gasteiger partial charge in [0.1, 0.15) is 10.6 Å². The van der Waals surface area contributed by atoms with Crippen molar-refractivity contribution in [2.45, 2.75) is 11.8 Å². The number of carbonyl (C=O) groups excluding carboxylic acids is 1. The van der Waals surface area contributed by atoms with Crippen LogP contribution < -0.4 is 0 Å². The SMILES string of the molecule is Cc1cnc(C(=O)N2CCN(S(=O)(=O)c3cc(Cl)ccc3Cl)CC2)cn1. The van der Waals surface area contributed by atoms with E-state index in [1.165, 1.54) is 34.9 Å². The molecule has 0 atom stereocenters. The van der Waals surface area contributed by atoms with E-state index in [1.807, 2.05) is 0 Å². The lowest BCUT2D eigenvalue weighted by Crippen LogP contribution is -2.50. The summed E-state index contributed by atoms with van der Waals surface area (Å²) in [6.07, 6.45) is 2.95. The maximum absolute atomic E-state index is 12.8. The number of sulfonamides is 1. The first-order valence-corrected chi connectivity index (χ1v) is 10.0. The van der Waals surface area contributed by atoms with Crippen molar-refractivity contribution in [3.05, 3.63) is 52.0 Å². The maximum Gasteiger partial charge on any atom is 0.274 e. The minimum Gasteiger partial charge on any atom is -0.335 e. The van der Waals surface area contributed by atoms with Crippen LogP contribution in [0.15, 0.2) is 35.5 Å². The summed E-state index contributed by atoms with van der Waals surface area (Å²) < 4.78 is 26.9. The Kier molecular flexibility index (Phi) is 5.47. The predicted octanol–water partition coefficient (Wildman–Crippen LogP) is 2.24. The van der Waals surface area contributed by atoms with Crippen LogP contribution in [0.2, 0.25) is 10.0 Å². The molecule has 0 spiro atoms. The average Bonchev–Trinajstić information content (AvgIpc) is 2.64. The summed E-state index contributed by atoms with van der Waals surface area (Å²) in [6.45, 7) is 2.62. The Balaban J connectivity index is 1.72. The lowest BCUT2D eigenvalue weighted by molar-refractivity contribution is 0.0691. The monoisotopic (exact) mass is 414 g/mol. The molecule has 138 valence electrons. The fourth-order valence-electron chi connectivity index (χ4n) is 2.61. The highest BCUT2D eigenvalue weighted by Gasteiger charge is 2.32. The molecule has 2 heterocycles. The van der Waals surface area contributed by atoms with E-state index < -0.39 is 10.0 Å². The molecular formula is C16H16Cl2N4O3S. The molecule has 0 bridgehead atoms. The van der Waals surface area contributed by atoms with Crippen molar-refractivity contribution < 1.29 is 13.2 Å². The van der Waals surface area contributed by atoms with Crippen molar-refractivity contribution in [1.82, 2.24) is 19.2 Å². The second-order valence-corrected chi connectivity index (χ2v) is 8.56. The second-order valence-electron chi connectivity index (χ2n) is 5.81. The van der Waals surface area contributed by atoms with Gasteiger partial charge in [0.25, 0.3) is 5.91 Å². The minimum atomic E-state index is -3.78. The van der Waals surface area contributed by atoms with Crippen LogP contribution in [0.25, 0.3) is 0 Å². The van der Waals surface area contributed by atoms with Crippen LogP contribution in [0.3, 0.4) is 0 Å². The van der Waals surface area contributed by atoms with E-state index in [9.17, 15) is 13.2 Å². The van der Waals surface area contributed by atoms with E-state index in [2.05, 4.69) is 9.97 Å². The van der Waals surface area contributed by atoms with Gasteiger partial charge in [-0.05, 0) is 25.1 Å². The van der Waals surface area contributed by atoms with Gasteiger partial charge in [0.05, 0.1) is 16.9 Å². The van der Waals surface area contributed by atoms with E-state index in [0.717, 1.165) is 5.69 Å². The molecule has 1 fully saturated rings. The van der Waals surface area contributed by atoms with Gasteiger partial charge in [0.2, 0.25) is 10.0 Å². The Morgan fingerprint density at radius 1 is 1.08 bits per heavy atom. The number of aryl methyl sites for hydroxylation is 1. The van der Waals surface area contributed by atoms with E-state index in [4.69, 9.17) is 23.2 Å². The lowest BCUT2D eigenvalue weighted by atomic mass is 10.3. The van der Waals surface area contributed by atoms with Crippen molar-refractivity contribution in [2.75, 3.05) is 26.2 Å². The maximum atomic E-state index is 12.8. The number of carbonyl (C=O) groups is 1. The topological polar surface area (TPSA) is 83.5 Å². The summed E-state index contributed by atoms with van der Waals surface area (Å²) in [7, 11) is -3.78. The molecule has 2 aromatic rings.